The summed E-state index contributed by atoms with van der Waals surface area (Å²) in [5.74, 6) is 0. The lowest BCUT2D eigenvalue weighted by molar-refractivity contribution is 0.542. The molecule has 0 aromatic carbocycles. The molecule has 31 valence electrons. The van der Waals surface area contributed by atoms with Crippen LogP contribution in [0.4, 0.5) is 0 Å². The van der Waals surface area contributed by atoms with Crippen molar-refractivity contribution in [3.05, 3.63) is 0 Å². The van der Waals surface area contributed by atoms with Gasteiger partial charge in [-0.15, -0.1) is 5.43 Å². The smallest absolute Gasteiger partial charge is 0.334 e. The minimum atomic E-state index is -0.269. The van der Waals surface area contributed by atoms with Crippen molar-refractivity contribution in [1.29, 1.82) is 0 Å². The molecule has 1 rings (SSSR count). The van der Waals surface area contributed by atoms with E-state index in [0.29, 0.717) is 0 Å². The van der Waals surface area contributed by atoms with Crippen LogP contribution in [0.25, 0.3) is 0 Å². The third kappa shape index (κ3) is 0.314. The molecule has 0 aromatic rings. The predicted octanol–water partition coefficient (Wildman–Crippen LogP) is -0.538. The van der Waals surface area contributed by atoms with Crippen molar-refractivity contribution in [1.82, 2.24) is 5.43 Å². The molecule has 0 saturated carbocycles. The summed E-state index contributed by atoms with van der Waals surface area (Å²) in [5, 5.41) is 11.3. The van der Waals surface area contributed by atoms with Crippen LogP contribution < -0.4 is 5.43 Å². The third-order valence-corrected chi connectivity index (χ3v) is 0.372. The summed E-state index contributed by atoms with van der Waals surface area (Å²) in [4.78, 5) is 3.25. The predicted molar refractivity (Wildman–Crippen MR) is 20.7 cm³/mol. The van der Waals surface area contributed by atoms with E-state index in [1.54, 1.807) is 0 Å². The van der Waals surface area contributed by atoms with E-state index in [0.717, 1.165) is 0 Å². The molecular formula is C2H2N3O. The van der Waals surface area contributed by atoms with Crippen molar-refractivity contribution >= 4 is 12.4 Å². The van der Waals surface area contributed by atoms with E-state index >= 15 is 0 Å². The highest BCUT2D eigenvalue weighted by Crippen LogP contribution is 1.76. The zero-order chi connectivity index (χ0) is 4.41. The molecule has 0 saturated heterocycles. The average molecular weight is 84.1 g/mol. The van der Waals surface area contributed by atoms with Crippen molar-refractivity contribution in [2.75, 3.05) is 0 Å². The van der Waals surface area contributed by atoms with Crippen molar-refractivity contribution in [2.24, 2.45) is 10.1 Å². The van der Waals surface area contributed by atoms with Gasteiger partial charge in [0, 0.05) is 0 Å². The molecule has 0 unspecified atom stereocenters. The number of rotatable bonds is 0. The van der Waals surface area contributed by atoms with Gasteiger partial charge >= 0.3 is 6.02 Å². The van der Waals surface area contributed by atoms with Gasteiger partial charge in [-0.3, -0.25) is 0 Å². The van der Waals surface area contributed by atoms with Crippen LogP contribution in [0, 0.1) is 0 Å². The fourth-order valence-corrected chi connectivity index (χ4v) is 0.181. The number of hydrogen-bond acceptors (Lipinski definition) is 2. The summed E-state index contributed by atoms with van der Waals surface area (Å²) in [7, 11) is 0. The van der Waals surface area contributed by atoms with Gasteiger partial charge < -0.3 is 5.11 Å². The van der Waals surface area contributed by atoms with Crippen molar-refractivity contribution in [3.8, 4) is 0 Å². The Labute approximate surface area is 34.2 Å². The van der Waals surface area contributed by atoms with Crippen LogP contribution in [0.15, 0.2) is 10.1 Å². The summed E-state index contributed by atoms with van der Waals surface area (Å²) in [5.41, 5.74) is 3.21. The van der Waals surface area contributed by atoms with Gasteiger partial charge in [-0.2, -0.15) is 4.99 Å². The molecule has 0 atom stereocenters. The lowest BCUT2D eigenvalue weighted by Crippen LogP contribution is -1.83. The summed E-state index contributed by atoms with van der Waals surface area (Å²) >= 11 is 0. The normalized spacial score (nSPS) is 17.0. The molecule has 0 fully saturated rings. The summed E-state index contributed by atoms with van der Waals surface area (Å²) in [6.45, 7) is 0. The maximum Gasteiger partial charge on any atom is 0.334 e. The Morgan fingerprint density at radius 2 is 2.50 bits per heavy atom. The zero-order valence-corrected chi connectivity index (χ0v) is 2.87. The standard InChI is InChI=1S/C2H2N3O/c6-2-3-1-4-5-2/h1H,(H,5,6). The molecule has 1 N–H and O–H groups in total. The first-order valence-corrected chi connectivity index (χ1v) is 1.39. The fourth-order valence-electron chi connectivity index (χ4n) is 0.181. The molecule has 0 aliphatic carbocycles. The number of nitrogens with zero attached hydrogens (tertiary/aromatic N) is 3. The Kier molecular flexibility index (Phi) is 0.506. The van der Waals surface area contributed by atoms with Gasteiger partial charge in [-0.1, -0.05) is 5.10 Å². The minimum absolute atomic E-state index is 0.269. The molecule has 4 heteroatoms. The van der Waals surface area contributed by atoms with Gasteiger partial charge in [0.2, 0.25) is 0 Å². The Balaban J connectivity index is 2.68. The molecular weight excluding hydrogens is 82.0 g/mol. The molecule has 0 bridgehead atoms. The fraction of sp³-hybridized carbons (Fsp3) is 0. The van der Waals surface area contributed by atoms with E-state index in [4.69, 9.17) is 5.11 Å². The number of aliphatic hydroxyl groups excluding tert-OH is 1. The Bertz CT molecular complexity index is 103. The van der Waals surface area contributed by atoms with E-state index in [2.05, 4.69) is 15.5 Å². The molecule has 0 spiro atoms. The largest absolute Gasteiger partial charge is 0.478 e. The second-order valence-electron chi connectivity index (χ2n) is 0.760. The Morgan fingerprint density at radius 1 is 1.67 bits per heavy atom. The molecule has 6 heavy (non-hydrogen) atoms. The second kappa shape index (κ2) is 0.965. The van der Waals surface area contributed by atoms with Crippen LogP contribution >= 0.6 is 0 Å². The monoisotopic (exact) mass is 84.0 g/mol. The van der Waals surface area contributed by atoms with Crippen LogP contribution in [0.1, 0.15) is 0 Å². The lowest BCUT2D eigenvalue weighted by Gasteiger charge is -1.68. The van der Waals surface area contributed by atoms with Gasteiger partial charge in [-0.25, -0.2) is 0 Å². The SMILES string of the molecule is OC1=N[N]C=N1. The molecule has 1 aliphatic rings. The maximum absolute atomic E-state index is 8.19. The highest BCUT2D eigenvalue weighted by Gasteiger charge is 1.92. The van der Waals surface area contributed by atoms with Crippen molar-refractivity contribution in [3.63, 3.8) is 0 Å². The quantitative estimate of drug-likeness (QED) is 0.421. The Hall–Kier alpha value is -1.06. The number of aliphatic hydroxyl groups is 1. The number of aliphatic imine (C=N–C) groups is 1. The van der Waals surface area contributed by atoms with Crippen LogP contribution in [0.3, 0.4) is 0 Å². The summed E-state index contributed by atoms with van der Waals surface area (Å²) < 4.78 is 0. The van der Waals surface area contributed by atoms with Gasteiger partial charge in [-0.05, 0) is 0 Å². The van der Waals surface area contributed by atoms with Crippen LogP contribution in [0.5, 0.6) is 0 Å². The molecule has 1 aliphatic heterocycles. The van der Waals surface area contributed by atoms with Gasteiger partial charge in [0.15, 0.2) is 0 Å². The highest BCUT2D eigenvalue weighted by molar-refractivity contribution is 5.84. The van der Waals surface area contributed by atoms with Gasteiger partial charge in [0.1, 0.15) is 6.34 Å². The van der Waals surface area contributed by atoms with Crippen molar-refractivity contribution in [2.45, 2.75) is 0 Å². The van der Waals surface area contributed by atoms with Crippen LogP contribution in [0.2, 0.25) is 0 Å². The van der Waals surface area contributed by atoms with Gasteiger partial charge in [0.25, 0.3) is 0 Å². The first kappa shape index (κ1) is 3.14. The summed E-state index contributed by atoms with van der Waals surface area (Å²) in [6.07, 6.45) is 1.18. The molecule has 1 radical (unpaired) electrons. The Morgan fingerprint density at radius 3 is 2.67 bits per heavy atom. The number of amidine groups is 1. The zero-order valence-electron chi connectivity index (χ0n) is 2.87. The second-order valence-corrected chi connectivity index (χ2v) is 0.760. The van der Waals surface area contributed by atoms with E-state index in [1.165, 1.54) is 6.34 Å². The molecule has 4 nitrogen and oxygen atoms in total. The van der Waals surface area contributed by atoms with E-state index in [1.807, 2.05) is 0 Å². The van der Waals surface area contributed by atoms with E-state index < -0.39 is 0 Å². The van der Waals surface area contributed by atoms with Crippen molar-refractivity contribution < 1.29 is 5.11 Å². The first-order chi connectivity index (χ1) is 2.89. The summed E-state index contributed by atoms with van der Waals surface area (Å²) in [6, 6.07) is -0.269. The van der Waals surface area contributed by atoms with E-state index in [9.17, 15) is 0 Å². The molecule has 0 aromatic heterocycles. The maximum atomic E-state index is 8.19. The number of hydrogen-bond donors (Lipinski definition) is 1. The van der Waals surface area contributed by atoms with E-state index in [-0.39, 0.29) is 6.02 Å². The average Bonchev–Trinajstić information content (AvgIpc) is 1.86. The molecule has 1 heterocycles. The van der Waals surface area contributed by atoms with Crippen LogP contribution in [-0.2, 0) is 0 Å². The lowest BCUT2D eigenvalue weighted by atomic mass is 11.2. The van der Waals surface area contributed by atoms with Gasteiger partial charge in [0.05, 0.1) is 0 Å². The minimum Gasteiger partial charge on any atom is -0.478 e. The third-order valence-electron chi connectivity index (χ3n) is 0.372. The van der Waals surface area contributed by atoms with Crippen LogP contribution in [-0.4, -0.2) is 17.5 Å². The highest BCUT2D eigenvalue weighted by atomic mass is 16.3. The topological polar surface area (TPSA) is 59.1 Å². The molecule has 0 amide bonds. The first-order valence-electron chi connectivity index (χ1n) is 1.39.